The predicted molar refractivity (Wildman–Crippen MR) is 86.1 cm³/mol. The number of ether oxygens (including phenoxy) is 1. The van der Waals surface area contributed by atoms with Gasteiger partial charge in [-0.2, -0.15) is 0 Å². The zero-order chi connectivity index (χ0) is 14.5. The molecule has 6 heteroatoms. The molecule has 2 rings (SSSR count). The van der Waals surface area contributed by atoms with Gasteiger partial charge in [-0.15, -0.1) is 0 Å². The number of rotatable bonds is 5. The Hall–Kier alpha value is -1.83. The summed E-state index contributed by atoms with van der Waals surface area (Å²) < 4.78 is 5.92. The second-order valence-corrected chi connectivity index (χ2v) is 5.37. The average molecular weight is 384 g/mol. The number of hydrogen-bond acceptors (Lipinski definition) is 4. The van der Waals surface area contributed by atoms with E-state index >= 15 is 0 Å². The molecule has 0 aliphatic carbocycles. The second-order valence-electron chi connectivity index (χ2n) is 4.12. The van der Waals surface area contributed by atoms with E-state index in [0.717, 1.165) is 14.9 Å². The lowest BCUT2D eigenvalue weighted by molar-refractivity contribution is -0.384. The monoisotopic (exact) mass is 384 g/mol. The minimum atomic E-state index is -0.376. The number of nitrogens with zero attached hydrogens (tertiary/aromatic N) is 1. The Morgan fingerprint density at radius 2 is 1.95 bits per heavy atom. The Morgan fingerprint density at radius 3 is 2.55 bits per heavy atom. The summed E-state index contributed by atoms with van der Waals surface area (Å²) >= 11 is 2.06. The quantitative estimate of drug-likeness (QED) is 0.484. The van der Waals surface area contributed by atoms with E-state index in [0.29, 0.717) is 12.2 Å². The molecule has 0 spiro atoms. The zero-order valence-electron chi connectivity index (χ0n) is 10.8. The number of anilines is 1. The molecule has 0 saturated carbocycles. The molecule has 5 nitrogen and oxygen atoms in total. The first-order valence-electron chi connectivity index (χ1n) is 5.91. The molecule has 0 radical (unpaired) electrons. The van der Waals surface area contributed by atoms with Gasteiger partial charge in [0, 0.05) is 16.2 Å². The lowest BCUT2D eigenvalue weighted by Gasteiger charge is -2.08. The summed E-state index contributed by atoms with van der Waals surface area (Å²) in [6.45, 7) is 0.519. The summed E-state index contributed by atoms with van der Waals surface area (Å²) in [5.41, 5.74) is 1.63. The first-order chi connectivity index (χ1) is 9.60. The van der Waals surface area contributed by atoms with Crippen LogP contribution in [0.2, 0.25) is 0 Å². The van der Waals surface area contributed by atoms with Crippen LogP contribution in [0.1, 0.15) is 5.56 Å². The zero-order valence-corrected chi connectivity index (χ0v) is 13.0. The van der Waals surface area contributed by atoms with Crippen LogP contribution in [0.3, 0.4) is 0 Å². The molecule has 0 aliphatic rings. The van der Waals surface area contributed by atoms with E-state index in [2.05, 4.69) is 27.9 Å². The third kappa shape index (κ3) is 3.60. The molecule has 1 N–H and O–H groups in total. The van der Waals surface area contributed by atoms with E-state index in [-0.39, 0.29) is 10.6 Å². The molecule has 0 fully saturated rings. The number of benzene rings is 2. The highest BCUT2D eigenvalue weighted by Crippen LogP contribution is 2.26. The number of nitrogens with one attached hydrogen (secondary N) is 1. The van der Waals surface area contributed by atoms with Crippen LogP contribution in [0, 0.1) is 13.7 Å². The first-order valence-corrected chi connectivity index (χ1v) is 6.99. The second kappa shape index (κ2) is 6.56. The Morgan fingerprint density at radius 1 is 1.25 bits per heavy atom. The number of halogens is 1. The van der Waals surface area contributed by atoms with Crippen LogP contribution in [0.4, 0.5) is 11.4 Å². The predicted octanol–water partition coefficient (Wildman–Crippen LogP) is 3.82. The molecular formula is C14H13IN2O3. The molecule has 0 amide bonds. The fourth-order valence-electron chi connectivity index (χ4n) is 1.75. The van der Waals surface area contributed by atoms with Gasteiger partial charge >= 0.3 is 0 Å². The van der Waals surface area contributed by atoms with Crippen molar-refractivity contribution in [3.63, 3.8) is 0 Å². The summed E-state index contributed by atoms with van der Waals surface area (Å²) in [6.07, 6.45) is 0. The average Bonchev–Trinajstić information content (AvgIpc) is 2.46. The normalized spacial score (nSPS) is 10.1. The Labute approximate surface area is 130 Å². The SMILES string of the molecule is COc1ccc(CNc2ccc(I)cc2[N+](=O)[O-])cc1. The van der Waals surface area contributed by atoms with Crippen molar-refractivity contribution in [2.75, 3.05) is 12.4 Å². The van der Waals surface area contributed by atoms with Crippen molar-refractivity contribution in [2.45, 2.75) is 6.54 Å². The molecule has 2 aromatic carbocycles. The molecule has 0 unspecified atom stereocenters. The van der Waals surface area contributed by atoms with Gasteiger partial charge in [0.1, 0.15) is 11.4 Å². The third-order valence-electron chi connectivity index (χ3n) is 2.80. The van der Waals surface area contributed by atoms with Crippen molar-refractivity contribution < 1.29 is 9.66 Å². The largest absolute Gasteiger partial charge is 0.497 e. The molecule has 2 aromatic rings. The highest BCUT2D eigenvalue weighted by Gasteiger charge is 2.13. The van der Waals surface area contributed by atoms with E-state index < -0.39 is 0 Å². The maximum absolute atomic E-state index is 11.0. The van der Waals surface area contributed by atoms with E-state index in [9.17, 15) is 10.1 Å². The van der Waals surface area contributed by atoms with Gasteiger partial charge in [-0.3, -0.25) is 10.1 Å². The molecule has 104 valence electrons. The number of nitro benzene ring substituents is 1. The lowest BCUT2D eigenvalue weighted by atomic mass is 10.2. The summed E-state index contributed by atoms with van der Waals surface area (Å²) in [7, 11) is 1.61. The summed E-state index contributed by atoms with van der Waals surface area (Å²) in [5, 5.41) is 14.1. The molecular weight excluding hydrogens is 371 g/mol. The van der Waals surface area contributed by atoms with Crippen molar-refractivity contribution in [1.29, 1.82) is 0 Å². The molecule has 0 heterocycles. The molecule has 0 saturated heterocycles. The standard InChI is InChI=1S/C14H13IN2O3/c1-20-12-5-2-10(3-6-12)9-16-13-7-4-11(15)8-14(13)17(18)19/h2-8,16H,9H2,1H3. The third-order valence-corrected chi connectivity index (χ3v) is 3.47. The van der Waals surface area contributed by atoms with Gasteiger partial charge in [-0.05, 0) is 52.4 Å². The van der Waals surface area contributed by atoms with Crippen molar-refractivity contribution in [3.05, 3.63) is 61.7 Å². The fourth-order valence-corrected chi connectivity index (χ4v) is 2.22. The van der Waals surface area contributed by atoms with Gasteiger partial charge in [0.2, 0.25) is 0 Å². The summed E-state index contributed by atoms with van der Waals surface area (Å²) in [4.78, 5) is 10.6. The van der Waals surface area contributed by atoms with E-state index in [1.165, 1.54) is 0 Å². The Balaban J connectivity index is 2.12. The van der Waals surface area contributed by atoms with Crippen LogP contribution in [0.25, 0.3) is 0 Å². The summed E-state index contributed by atoms with van der Waals surface area (Å²) in [5.74, 6) is 0.786. The van der Waals surface area contributed by atoms with Gasteiger partial charge in [0.25, 0.3) is 5.69 Å². The number of hydrogen-bond donors (Lipinski definition) is 1. The van der Waals surface area contributed by atoms with Gasteiger partial charge < -0.3 is 10.1 Å². The minimum Gasteiger partial charge on any atom is -0.497 e. The maximum atomic E-state index is 11.0. The molecule has 0 bridgehead atoms. The highest BCUT2D eigenvalue weighted by molar-refractivity contribution is 14.1. The van der Waals surface area contributed by atoms with Crippen molar-refractivity contribution in [3.8, 4) is 5.75 Å². The Bertz CT molecular complexity index is 614. The van der Waals surface area contributed by atoms with Crippen molar-refractivity contribution in [1.82, 2.24) is 0 Å². The van der Waals surface area contributed by atoms with Gasteiger partial charge in [-0.1, -0.05) is 12.1 Å². The molecule has 20 heavy (non-hydrogen) atoms. The molecule has 0 aliphatic heterocycles. The van der Waals surface area contributed by atoms with Crippen LogP contribution in [0.5, 0.6) is 5.75 Å². The smallest absolute Gasteiger partial charge is 0.293 e. The lowest BCUT2D eigenvalue weighted by Crippen LogP contribution is -2.02. The molecule has 0 aromatic heterocycles. The van der Waals surface area contributed by atoms with Gasteiger partial charge in [-0.25, -0.2) is 0 Å². The molecule has 0 atom stereocenters. The number of nitro groups is 1. The van der Waals surface area contributed by atoms with Crippen molar-refractivity contribution >= 4 is 34.0 Å². The highest BCUT2D eigenvalue weighted by atomic mass is 127. The van der Waals surface area contributed by atoms with Crippen LogP contribution in [-0.2, 0) is 6.54 Å². The van der Waals surface area contributed by atoms with Crippen LogP contribution in [0.15, 0.2) is 42.5 Å². The Kier molecular flexibility index (Phi) is 4.78. The summed E-state index contributed by atoms with van der Waals surface area (Å²) in [6, 6.07) is 12.7. The maximum Gasteiger partial charge on any atom is 0.293 e. The van der Waals surface area contributed by atoms with Crippen LogP contribution in [-0.4, -0.2) is 12.0 Å². The minimum absolute atomic E-state index is 0.0883. The van der Waals surface area contributed by atoms with Gasteiger partial charge in [0.15, 0.2) is 0 Å². The number of methoxy groups -OCH3 is 1. The topological polar surface area (TPSA) is 64.4 Å². The van der Waals surface area contributed by atoms with E-state index in [1.807, 2.05) is 30.3 Å². The van der Waals surface area contributed by atoms with Crippen molar-refractivity contribution in [2.24, 2.45) is 0 Å². The first kappa shape index (κ1) is 14.6. The van der Waals surface area contributed by atoms with E-state index in [1.54, 1.807) is 19.2 Å². The van der Waals surface area contributed by atoms with Crippen LogP contribution < -0.4 is 10.1 Å². The van der Waals surface area contributed by atoms with E-state index in [4.69, 9.17) is 4.74 Å². The van der Waals surface area contributed by atoms with Crippen LogP contribution >= 0.6 is 22.6 Å². The van der Waals surface area contributed by atoms with Gasteiger partial charge in [0.05, 0.1) is 12.0 Å². The fraction of sp³-hybridized carbons (Fsp3) is 0.143.